The summed E-state index contributed by atoms with van der Waals surface area (Å²) in [7, 11) is -2.17. The van der Waals surface area contributed by atoms with Crippen molar-refractivity contribution in [1.82, 2.24) is 0 Å². The van der Waals surface area contributed by atoms with Crippen molar-refractivity contribution in [3.8, 4) is 0 Å². The summed E-state index contributed by atoms with van der Waals surface area (Å²) >= 11 is 0. The zero-order valence-corrected chi connectivity index (χ0v) is 8.83. The molecule has 0 aromatic heterocycles. The average Bonchev–Trinajstić information content (AvgIpc) is 0.811. The van der Waals surface area contributed by atoms with Crippen molar-refractivity contribution >= 4 is 7.32 Å². The minimum atomic E-state index is -2.17. The molecule has 40 valence electrons. The van der Waals surface area contributed by atoms with Crippen LogP contribution in [-0.4, -0.2) is 27.9 Å². The molecule has 0 saturated carbocycles. The first-order chi connectivity index (χ1) is 1.73. The summed E-state index contributed by atoms with van der Waals surface area (Å²) in [5.41, 5.74) is 0. The molecular formula is H5BNa2O5. The van der Waals surface area contributed by atoms with E-state index in [-0.39, 0.29) is 70.1 Å². The minimum absolute atomic E-state index is 0. The molecule has 0 atom stereocenters. The van der Waals surface area contributed by atoms with Crippen molar-refractivity contribution < 1.29 is 85.1 Å². The second-order valence-corrected chi connectivity index (χ2v) is 0.346. The van der Waals surface area contributed by atoms with Gasteiger partial charge in [0, 0.05) is 0 Å². The number of rotatable bonds is 0. The van der Waals surface area contributed by atoms with Crippen LogP contribution in [-0.2, 0) is 5.48 Å². The number of hydrogen-bond donors (Lipinski definition) is 3. The average molecular weight is 142 g/mol. The molecule has 0 aromatic carbocycles. The second kappa shape index (κ2) is 23.2. The first kappa shape index (κ1) is 32.8. The predicted octanol–water partition coefficient (Wildman–Crippen LogP) is -8.99. The van der Waals surface area contributed by atoms with Gasteiger partial charge in [0.2, 0.25) is 0 Å². The van der Waals surface area contributed by atoms with E-state index in [0.29, 0.717) is 0 Å². The van der Waals surface area contributed by atoms with Gasteiger partial charge in [0.1, 0.15) is 0 Å². The van der Waals surface area contributed by atoms with Gasteiger partial charge in [0.05, 0.1) is 0 Å². The molecular weight excluding hydrogens is 137 g/mol. The summed E-state index contributed by atoms with van der Waals surface area (Å²) in [5, 5.41) is 21.5. The molecule has 8 heteroatoms. The normalized spacial score (nSPS) is 3.38. The van der Waals surface area contributed by atoms with Crippen LogP contribution in [0.2, 0.25) is 0 Å². The van der Waals surface area contributed by atoms with Crippen LogP contribution < -0.4 is 59.1 Å². The van der Waals surface area contributed by atoms with Gasteiger partial charge >= 0.3 is 66.4 Å². The molecule has 0 unspecified atom stereocenters. The first-order valence-corrected chi connectivity index (χ1v) is 0.775. The summed E-state index contributed by atoms with van der Waals surface area (Å²) in [5.74, 6) is 0. The fourth-order valence-corrected chi connectivity index (χ4v) is 0. The Bertz CT molecular complexity index is 15.1. The third-order valence-corrected chi connectivity index (χ3v) is 0. The van der Waals surface area contributed by atoms with Crippen molar-refractivity contribution in [3.63, 3.8) is 0 Å². The fourth-order valence-electron chi connectivity index (χ4n) is 0. The summed E-state index contributed by atoms with van der Waals surface area (Å²) in [4.78, 5) is 0. The zero-order valence-electron chi connectivity index (χ0n) is 4.83. The number of hydrogen-bond acceptors (Lipinski definition) is 3. The third kappa shape index (κ3) is 107. The molecule has 5 nitrogen and oxygen atoms in total. The van der Waals surface area contributed by atoms with Crippen molar-refractivity contribution in [2.45, 2.75) is 0 Å². The molecule has 0 bridgehead atoms. The van der Waals surface area contributed by atoms with E-state index < -0.39 is 7.32 Å². The van der Waals surface area contributed by atoms with Crippen molar-refractivity contribution in [1.29, 1.82) is 0 Å². The molecule has 0 aliphatic rings. The fraction of sp³-hybridized carbons (Fsp3) is 0. The summed E-state index contributed by atoms with van der Waals surface area (Å²) < 4.78 is 0. The van der Waals surface area contributed by atoms with Gasteiger partial charge in [-0.15, -0.1) is 0 Å². The second-order valence-electron chi connectivity index (χ2n) is 0.346. The van der Waals surface area contributed by atoms with Crippen molar-refractivity contribution in [2.24, 2.45) is 0 Å². The smallest absolute Gasteiger partial charge is 1.00 e. The Kier molecular flexibility index (Phi) is 94.9. The van der Waals surface area contributed by atoms with E-state index in [2.05, 4.69) is 0 Å². The Morgan fingerprint density at radius 1 is 0.875 bits per heavy atom. The maximum Gasteiger partial charge on any atom is 1.00 e. The van der Waals surface area contributed by atoms with Crippen molar-refractivity contribution in [3.05, 3.63) is 0 Å². The van der Waals surface area contributed by atoms with Crippen LogP contribution in [0.4, 0.5) is 0 Å². The van der Waals surface area contributed by atoms with Gasteiger partial charge in [-0.25, -0.2) is 0 Å². The Hall–Kier alpha value is 1.86. The van der Waals surface area contributed by atoms with Crippen LogP contribution in [0.3, 0.4) is 0 Å². The van der Waals surface area contributed by atoms with Gasteiger partial charge < -0.3 is 26.0 Å². The standard InChI is InChI=1S/BH3O3.2Na.H2O.O/c2-1(3)4;;;;/h2-4H;;;1H2;/q;2*+1;;-2. The molecule has 0 aliphatic carbocycles. The van der Waals surface area contributed by atoms with Gasteiger partial charge in [-0.3, -0.25) is 0 Å². The largest absolute Gasteiger partial charge is 2.00 e. The Labute approximate surface area is 91.5 Å². The molecule has 0 saturated heterocycles. The topological polar surface area (TPSA) is 121 Å². The van der Waals surface area contributed by atoms with E-state index in [0.717, 1.165) is 0 Å². The van der Waals surface area contributed by atoms with Crippen LogP contribution in [0.5, 0.6) is 0 Å². The summed E-state index contributed by atoms with van der Waals surface area (Å²) in [6, 6.07) is 0. The molecule has 0 aliphatic heterocycles. The molecule has 0 spiro atoms. The van der Waals surface area contributed by atoms with Gasteiger partial charge in [-0.2, -0.15) is 0 Å². The Morgan fingerprint density at radius 2 is 0.875 bits per heavy atom. The van der Waals surface area contributed by atoms with Crippen LogP contribution in [0.1, 0.15) is 0 Å². The van der Waals surface area contributed by atoms with Gasteiger partial charge in [0.25, 0.3) is 0 Å². The Morgan fingerprint density at radius 3 is 0.875 bits per heavy atom. The van der Waals surface area contributed by atoms with E-state index in [1.54, 1.807) is 0 Å². The first-order valence-electron chi connectivity index (χ1n) is 0.775. The van der Waals surface area contributed by atoms with Gasteiger partial charge in [-0.05, 0) is 0 Å². The molecule has 0 amide bonds. The molecule has 0 fully saturated rings. The van der Waals surface area contributed by atoms with E-state index in [9.17, 15) is 0 Å². The maximum atomic E-state index is 7.17. The molecule has 8 heavy (non-hydrogen) atoms. The maximum absolute atomic E-state index is 7.17. The zero-order chi connectivity index (χ0) is 3.58. The predicted molar refractivity (Wildman–Crippen MR) is 16.7 cm³/mol. The van der Waals surface area contributed by atoms with E-state index in [1.807, 2.05) is 0 Å². The van der Waals surface area contributed by atoms with Gasteiger partial charge in [0.15, 0.2) is 0 Å². The van der Waals surface area contributed by atoms with E-state index >= 15 is 0 Å². The summed E-state index contributed by atoms with van der Waals surface area (Å²) in [6.07, 6.45) is 0. The molecule has 5 N–H and O–H groups in total. The van der Waals surface area contributed by atoms with Crippen LogP contribution >= 0.6 is 0 Å². The third-order valence-electron chi connectivity index (χ3n) is 0. The van der Waals surface area contributed by atoms with E-state index in [1.165, 1.54) is 0 Å². The Balaban J connectivity index is -0.00000000750. The van der Waals surface area contributed by atoms with Crippen LogP contribution in [0, 0.1) is 0 Å². The van der Waals surface area contributed by atoms with Crippen LogP contribution in [0.15, 0.2) is 0 Å². The van der Waals surface area contributed by atoms with Crippen LogP contribution in [0.25, 0.3) is 0 Å². The van der Waals surface area contributed by atoms with Crippen molar-refractivity contribution in [2.75, 3.05) is 0 Å². The van der Waals surface area contributed by atoms with E-state index in [4.69, 9.17) is 15.1 Å². The monoisotopic (exact) mass is 142 g/mol. The SMILES string of the molecule is O.OB(O)O.[Na+].[Na+].[O-2]. The minimum Gasteiger partial charge on any atom is -2.00 e. The molecule has 0 radical (unpaired) electrons. The van der Waals surface area contributed by atoms with Gasteiger partial charge in [-0.1, -0.05) is 0 Å². The quantitative estimate of drug-likeness (QED) is 0.291. The molecule has 0 heterocycles. The molecule has 0 aromatic rings. The molecule has 0 rings (SSSR count). The summed E-state index contributed by atoms with van der Waals surface area (Å²) in [6.45, 7) is 0.